The summed E-state index contributed by atoms with van der Waals surface area (Å²) < 4.78 is 22.8. The molecule has 0 saturated carbocycles. The van der Waals surface area contributed by atoms with Gasteiger partial charge in [-0.1, -0.05) is 6.92 Å². The van der Waals surface area contributed by atoms with Crippen LogP contribution in [0.5, 0.6) is 0 Å². The van der Waals surface area contributed by atoms with Crippen molar-refractivity contribution in [2.45, 2.75) is 39.2 Å². The smallest absolute Gasteiger partial charge is 0.150 e. The van der Waals surface area contributed by atoms with Crippen LogP contribution in [0, 0.1) is 5.92 Å². The molecule has 5 heteroatoms. The molecule has 17 heavy (non-hydrogen) atoms. The van der Waals surface area contributed by atoms with E-state index < -0.39 is 9.84 Å². The molecule has 0 radical (unpaired) electrons. The lowest BCUT2D eigenvalue weighted by atomic mass is 9.92. The molecule has 0 aromatic rings. The molecule has 0 spiro atoms. The third-order valence-corrected chi connectivity index (χ3v) is 5.45. The Kier molecular flexibility index (Phi) is 5.89. The zero-order valence-electron chi connectivity index (χ0n) is 11.1. The molecular formula is C12H26N2O2S. The van der Waals surface area contributed by atoms with E-state index in [9.17, 15) is 8.42 Å². The molecule has 1 heterocycles. The van der Waals surface area contributed by atoms with Gasteiger partial charge in [0, 0.05) is 18.3 Å². The Labute approximate surface area is 105 Å². The SMILES string of the molecule is CCS(=O)(=O)CCCN1CCCC(C(C)N)C1. The molecule has 1 fully saturated rings. The molecule has 1 aliphatic rings. The van der Waals surface area contributed by atoms with Gasteiger partial charge in [-0.25, -0.2) is 8.42 Å². The first-order valence-electron chi connectivity index (χ1n) is 6.63. The minimum Gasteiger partial charge on any atom is -0.328 e. The maximum atomic E-state index is 11.4. The summed E-state index contributed by atoms with van der Waals surface area (Å²) in [5.41, 5.74) is 5.93. The average Bonchev–Trinajstić information content (AvgIpc) is 2.29. The molecule has 1 aliphatic heterocycles. The van der Waals surface area contributed by atoms with Crippen molar-refractivity contribution < 1.29 is 8.42 Å². The van der Waals surface area contributed by atoms with Gasteiger partial charge in [0.2, 0.25) is 0 Å². The highest BCUT2D eigenvalue weighted by atomic mass is 32.2. The van der Waals surface area contributed by atoms with Crippen LogP contribution >= 0.6 is 0 Å². The standard InChI is InChI=1S/C12H26N2O2S/c1-3-17(15,16)9-5-8-14-7-4-6-12(10-14)11(2)13/h11-12H,3-10,13H2,1-2H3. The summed E-state index contributed by atoms with van der Waals surface area (Å²) in [4.78, 5) is 2.36. The molecule has 4 nitrogen and oxygen atoms in total. The van der Waals surface area contributed by atoms with Gasteiger partial charge in [-0.3, -0.25) is 0 Å². The summed E-state index contributed by atoms with van der Waals surface area (Å²) in [6.45, 7) is 6.79. The van der Waals surface area contributed by atoms with E-state index >= 15 is 0 Å². The predicted octanol–water partition coefficient (Wildman–Crippen LogP) is 0.870. The van der Waals surface area contributed by atoms with Gasteiger partial charge in [-0.05, 0) is 45.2 Å². The number of piperidine rings is 1. The highest BCUT2D eigenvalue weighted by Crippen LogP contribution is 2.18. The molecule has 1 rings (SSSR count). The molecule has 0 bridgehead atoms. The van der Waals surface area contributed by atoms with Gasteiger partial charge in [-0.15, -0.1) is 0 Å². The largest absolute Gasteiger partial charge is 0.328 e. The lowest BCUT2D eigenvalue weighted by Crippen LogP contribution is -2.42. The van der Waals surface area contributed by atoms with Gasteiger partial charge in [0.05, 0.1) is 5.75 Å². The van der Waals surface area contributed by atoms with Crippen molar-refractivity contribution in [1.29, 1.82) is 0 Å². The van der Waals surface area contributed by atoms with Gasteiger partial charge in [0.25, 0.3) is 0 Å². The second-order valence-electron chi connectivity index (χ2n) is 5.15. The number of rotatable bonds is 6. The first-order chi connectivity index (χ1) is 7.94. The van der Waals surface area contributed by atoms with Crippen LogP contribution < -0.4 is 5.73 Å². The highest BCUT2D eigenvalue weighted by molar-refractivity contribution is 7.91. The molecule has 0 aromatic carbocycles. The molecule has 2 N–H and O–H groups in total. The van der Waals surface area contributed by atoms with E-state index in [2.05, 4.69) is 11.8 Å². The van der Waals surface area contributed by atoms with Crippen LogP contribution in [-0.2, 0) is 9.84 Å². The molecular weight excluding hydrogens is 236 g/mol. The maximum absolute atomic E-state index is 11.4. The number of sulfone groups is 1. The Hall–Kier alpha value is -0.130. The van der Waals surface area contributed by atoms with Crippen LogP contribution in [-0.4, -0.2) is 50.5 Å². The third-order valence-electron chi connectivity index (χ3n) is 3.66. The van der Waals surface area contributed by atoms with Crippen molar-refractivity contribution in [3.63, 3.8) is 0 Å². The zero-order valence-corrected chi connectivity index (χ0v) is 11.9. The Bertz CT molecular complexity index is 314. The van der Waals surface area contributed by atoms with E-state index in [1.54, 1.807) is 6.92 Å². The van der Waals surface area contributed by atoms with Crippen LogP contribution in [0.4, 0.5) is 0 Å². The summed E-state index contributed by atoms with van der Waals surface area (Å²) in [6.07, 6.45) is 3.15. The molecule has 2 atom stereocenters. The van der Waals surface area contributed by atoms with E-state index in [4.69, 9.17) is 5.73 Å². The average molecular weight is 262 g/mol. The monoisotopic (exact) mass is 262 g/mol. The molecule has 1 saturated heterocycles. The predicted molar refractivity (Wildman–Crippen MR) is 71.8 cm³/mol. The number of likely N-dealkylation sites (tertiary alicyclic amines) is 1. The maximum Gasteiger partial charge on any atom is 0.150 e. The summed E-state index contributed by atoms with van der Waals surface area (Å²) >= 11 is 0. The van der Waals surface area contributed by atoms with Crippen molar-refractivity contribution >= 4 is 9.84 Å². The van der Waals surface area contributed by atoms with Crippen LogP contribution in [0.2, 0.25) is 0 Å². The first-order valence-corrected chi connectivity index (χ1v) is 8.45. The summed E-state index contributed by atoms with van der Waals surface area (Å²) in [7, 11) is -2.80. The second-order valence-corrected chi connectivity index (χ2v) is 7.62. The first kappa shape index (κ1) is 14.9. The summed E-state index contributed by atoms with van der Waals surface area (Å²) in [5.74, 6) is 1.16. The molecule has 102 valence electrons. The van der Waals surface area contributed by atoms with Crippen LogP contribution in [0.15, 0.2) is 0 Å². The minimum absolute atomic E-state index is 0.247. The lowest BCUT2D eigenvalue weighted by Gasteiger charge is -2.34. The molecule has 2 unspecified atom stereocenters. The van der Waals surface area contributed by atoms with E-state index in [1.165, 1.54) is 12.8 Å². The zero-order chi connectivity index (χ0) is 12.9. The highest BCUT2D eigenvalue weighted by Gasteiger charge is 2.22. The van der Waals surface area contributed by atoms with E-state index in [-0.39, 0.29) is 11.8 Å². The fourth-order valence-corrected chi connectivity index (χ4v) is 3.23. The summed E-state index contributed by atoms with van der Waals surface area (Å²) in [6, 6.07) is 0.247. The van der Waals surface area contributed by atoms with Crippen molar-refractivity contribution in [2.24, 2.45) is 11.7 Å². The Balaban J connectivity index is 2.28. The Morgan fingerprint density at radius 3 is 2.76 bits per heavy atom. The third kappa shape index (κ3) is 5.36. The molecule has 0 aliphatic carbocycles. The second kappa shape index (κ2) is 6.71. The van der Waals surface area contributed by atoms with Crippen LogP contribution in [0.1, 0.15) is 33.1 Å². The number of hydrogen-bond acceptors (Lipinski definition) is 4. The van der Waals surface area contributed by atoms with Gasteiger partial charge in [0.15, 0.2) is 0 Å². The van der Waals surface area contributed by atoms with Crippen LogP contribution in [0.25, 0.3) is 0 Å². The topological polar surface area (TPSA) is 63.4 Å². The minimum atomic E-state index is -2.80. The van der Waals surface area contributed by atoms with Crippen molar-refractivity contribution in [3.8, 4) is 0 Å². The number of nitrogens with zero attached hydrogens (tertiary/aromatic N) is 1. The number of nitrogens with two attached hydrogens (primary N) is 1. The van der Waals surface area contributed by atoms with Gasteiger partial charge in [0.1, 0.15) is 9.84 Å². The summed E-state index contributed by atoms with van der Waals surface area (Å²) in [5, 5.41) is 0. The van der Waals surface area contributed by atoms with E-state index in [1.807, 2.05) is 0 Å². The van der Waals surface area contributed by atoms with Crippen molar-refractivity contribution in [3.05, 3.63) is 0 Å². The van der Waals surface area contributed by atoms with Gasteiger partial charge in [-0.2, -0.15) is 0 Å². The van der Waals surface area contributed by atoms with Gasteiger partial charge < -0.3 is 10.6 Å². The lowest BCUT2D eigenvalue weighted by molar-refractivity contribution is 0.161. The van der Waals surface area contributed by atoms with Crippen molar-refractivity contribution in [1.82, 2.24) is 4.90 Å². The normalized spacial score (nSPS) is 24.8. The molecule has 0 aromatic heterocycles. The fourth-order valence-electron chi connectivity index (χ4n) is 2.38. The molecule has 0 amide bonds. The van der Waals surface area contributed by atoms with E-state index in [0.29, 0.717) is 11.7 Å². The fraction of sp³-hybridized carbons (Fsp3) is 1.00. The van der Waals surface area contributed by atoms with Crippen LogP contribution in [0.3, 0.4) is 0 Å². The Morgan fingerprint density at radius 1 is 1.47 bits per heavy atom. The quantitative estimate of drug-likeness (QED) is 0.771. The number of hydrogen-bond donors (Lipinski definition) is 1. The Morgan fingerprint density at radius 2 is 2.18 bits per heavy atom. The van der Waals surface area contributed by atoms with Gasteiger partial charge >= 0.3 is 0 Å². The van der Waals surface area contributed by atoms with Crippen molar-refractivity contribution in [2.75, 3.05) is 31.1 Å². The van der Waals surface area contributed by atoms with E-state index in [0.717, 1.165) is 26.1 Å².